The van der Waals surface area contributed by atoms with Crippen molar-refractivity contribution in [3.05, 3.63) is 42.0 Å². The van der Waals surface area contributed by atoms with Crippen LogP contribution in [0.25, 0.3) is 0 Å². The van der Waals surface area contributed by atoms with Crippen molar-refractivity contribution in [2.24, 2.45) is 0 Å². The van der Waals surface area contributed by atoms with Crippen molar-refractivity contribution in [3.8, 4) is 0 Å². The molecule has 78 valence electrons. The maximum Gasteiger partial charge on any atom is 0.0851 e. The number of anilines is 1. The second-order valence-electron chi connectivity index (χ2n) is 3.40. The number of hydrogen-bond donors (Lipinski definition) is 1. The van der Waals surface area contributed by atoms with Crippen LogP contribution in [0.2, 0.25) is 0 Å². The standard InChI is InChI=1S/C11H14N4/c1-2-11-10(12)8-15(14-11)7-9-5-3-4-6-13-9/h3-6,8H,2,7,12H2,1H3. The molecule has 0 saturated heterocycles. The van der Waals surface area contributed by atoms with Crippen LogP contribution in [0.15, 0.2) is 30.6 Å². The zero-order chi connectivity index (χ0) is 10.7. The van der Waals surface area contributed by atoms with Crippen LogP contribution in [-0.4, -0.2) is 14.8 Å². The topological polar surface area (TPSA) is 56.7 Å². The highest BCUT2D eigenvalue weighted by molar-refractivity contribution is 5.40. The van der Waals surface area contributed by atoms with Crippen LogP contribution in [0.3, 0.4) is 0 Å². The van der Waals surface area contributed by atoms with E-state index in [9.17, 15) is 0 Å². The molecule has 0 unspecified atom stereocenters. The van der Waals surface area contributed by atoms with Gasteiger partial charge in [0.05, 0.1) is 23.6 Å². The van der Waals surface area contributed by atoms with Crippen LogP contribution >= 0.6 is 0 Å². The van der Waals surface area contributed by atoms with E-state index in [1.165, 1.54) is 0 Å². The molecule has 0 spiro atoms. The molecule has 2 rings (SSSR count). The first-order valence-corrected chi connectivity index (χ1v) is 5.01. The van der Waals surface area contributed by atoms with Gasteiger partial charge in [-0.05, 0) is 18.6 Å². The number of aromatic nitrogens is 3. The van der Waals surface area contributed by atoms with E-state index in [4.69, 9.17) is 5.73 Å². The Morgan fingerprint density at radius 2 is 2.27 bits per heavy atom. The third kappa shape index (κ3) is 2.15. The van der Waals surface area contributed by atoms with Crippen molar-refractivity contribution < 1.29 is 0 Å². The van der Waals surface area contributed by atoms with E-state index in [1.807, 2.05) is 36.0 Å². The number of nitrogen functional groups attached to an aromatic ring is 1. The van der Waals surface area contributed by atoms with E-state index < -0.39 is 0 Å². The van der Waals surface area contributed by atoms with Gasteiger partial charge in [-0.1, -0.05) is 13.0 Å². The minimum absolute atomic E-state index is 0.672. The van der Waals surface area contributed by atoms with Gasteiger partial charge in [-0.2, -0.15) is 5.10 Å². The predicted octanol–water partition coefficient (Wildman–Crippen LogP) is 1.47. The van der Waals surface area contributed by atoms with Crippen LogP contribution in [0.1, 0.15) is 18.3 Å². The summed E-state index contributed by atoms with van der Waals surface area (Å²) >= 11 is 0. The van der Waals surface area contributed by atoms with Crippen LogP contribution in [0, 0.1) is 0 Å². The smallest absolute Gasteiger partial charge is 0.0851 e. The number of nitrogens with zero attached hydrogens (tertiary/aromatic N) is 3. The van der Waals surface area contributed by atoms with Gasteiger partial charge in [-0.25, -0.2) is 0 Å². The SMILES string of the molecule is CCc1nn(Cc2ccccn2)cc1N. The molecular formula is C11H14N4. The molecule has 0 radical (unpaired) electrons. The largest absolute Gasteiger partial charge is 0.396 e. The fourth-order valence-electron chi connectivity index (χ4n) is 1.49. The van der Waals surface area contributed by atoms with Crippen molar-refractivity contribution in [2.75, 3.05) is 5.73 Å². The molecule has 0 fully saturated rings. The summed E-state index contributed by atoms with van der Waals surface area (Å²) in [6.07, 6.45) is 4.50. The quantitative estimate of drug-likeness (QED) is 0.820. The summed E-state index contributed by atoms with van der Waals surface area (Å²) < 4.78 is 1.83. The lowest BCUT2D eigenvalue weighted by atomic mass is 10.3. The summed E-state index contributed by atoms with van der Waals surface area (Å²) in [5.41, 5.74) is 8.50. The Balaban J connectivity index is 2.18. The molecule has 0 saturated carbocycles. The molecule has 0 atom stereocenters. The average molecular weight is 202 g/mol. The lowest BCUT2D eigenvalue weighted by Gasteiger charge is -1.99. The van der Waals surface area contributed by atoms with Gasteiger partial charge in [-0.3, -0.25) is 9.67 Å². The number of pyridine rings is 1. The number of rotatable bonds is 3. The highest BCUT2D eigenvalue weighted by atomic mass is 15.3. The maximum absolute atomic E-state index is 5.80. The first-order valence-electron chi connectivity index (χ1n) is 5.01. The molecule has 2 aromatic rings. The molecule has 0 aliphatic carbocycles. The zero-order valence-electron chi connectivity index (χ0n) is 8.72. The normalized spacial score (nSPS) is 10.5. The summed E-state index contributed by atoms with van der Waals surface area (Å²) in [7, 11) is 0. The minimum Gasteiger partial charge on any atom is -0.396 e. The van der Waals surface area contributed by atoms with Gasteiger partial charge in [0.25, 0.3) is 0 Å². The molecule has 15 heavy (non-hydrogen) atoms. The Morgan fingerprint density at radius 3 is 2.87 bits per heavy atom. The molecule has 4 nitrogen and oxygen atoms in total. The van der Waals surface area contributed by atoms with Crippen LogP contribution in [0.5, 0.6) is 0 Å². The van der Waals surface area contributed by atoms with Gasteiger partial charge < -0.3 is 5.73 Å². The summed E-state index contributed by atoms with van der Waals surface area (Å²) in [4.78, 5) is 4.24. The van der Waals surface area contributed by atoms with Crippen molar-refractivity contribution in [3.63, 3.8) is 0 Å². The molecule has 2 heterocycles. The van der Waals surface area contributed by atoms with Gasteiger partial charge in [0.2, 0.25) is 0 Å². The Hall–Kier alpha value is -1.84. The summed E-state index contributed by atoms with van der Waals surface area (Å²) in [6.45, 7) is 2.72. The highest BCUT2D eigenvalue weighted by Crippen LogP contribution is 2.10. The lowest BCUT2D eigenvalue weighted by molar-refractivity contribution is 0.661. The molecule has 0 aliphatic rings. The Kier molecular flexibility index (Phi) is 2.67. The van der Waals surface area contributed by atoms with Gasteiger partial charge in [0.15, 0.2) is 0 Å². The van der Waals surface area contributed by atoms with Crippen molar-refractivity contribution in [1.29, 1.82) is 0 Å². The van der Waals surface area contributed by atoms with Gasteiger partial charge in [0, 0.05) is 12.4 Å². The van der Waals surface area contributed by atoms with Crippen LogP contribution in [-0.2, 0) is 13.0 Å². The third-order valence-electron chi connectivity index (χ3n) is 2.26. The molecule has 0 aromatic carbocycles. The Morgan fingerprint density at radius 1 is 1.40 bits per heavy atom. The van der Waals surface area contributed by atoms with E-state index in [-0.39, 0.29) is 0 Å². The Bertz CT molecular complexity index is 433. The van der Waals surface area contributed by atoms with Crippen LogP contribution in [0.4, 0.5) is 5.69 Å². The molecule has 0 bridgehead atoms. The monoisotopic (exact) mass is 202 g/mol. The van der Waals surface area contributed by atoms with Crippen molar-refractivity contribution >= 4 is 5.69 Å². The molecule has 0 aliphatic heterocycles. The van der Waals surface area contributed by atoms with Gasteiger partial charge in [0.1, 0.15) is 0 Å². The second kappa shape index (κ2) is 4.13. The fourth-order valence-corrected chi connectivity index (χ4v) is 1.49. The van der Waals surface area contributed by atoms with Gasteiger partial charge >= 0.3 is 0 Å². The van der Waals surface area contributed by atoms with E-state index in [2.05, 4.69) is 10.1 Å². The summed E-state index contributed by atoms with van der Waals surface area (Å²) in [5.74, 6) is 0. The first kappa shape index (κ1) is 9.71. The maximum atomic E-state index is 5.80. The lowest BCUT2D eigenvalue weighted by Crippen LogP contribution is -2.02. The fraction of sp³-hybridized carbons (Fsp3) is 0.273. The summed E-state index contributed by atoms with van der Waals surface area (Å²) in [6, 6.07) is 5.85. The third-order valence-corrected chi connectivity index (χ3v) is 2.26. The molecule has 4 heteroatoms. The van der Waals surface area contributed by atoms with E-state index >= 15 is 0 Å². The van der Waals surface area contributed by atoms with E-state index in [0.29, 0.717) is 6.54 Å². The van der Waals surface area contributed by atoms with E-state index in [0.717, 1.165) is 23.5 Å². The molecule has 2 N–H and O–H groups in total. The first-order chi connectivity index (χ1) is 7.29. The number of hydrogen-bond acceptors (Lipinski definition) is 3. The molecule has 2 aromatic heterocycles. The second-order valence-corrected chi connectivity index (χ2v) is 3.40. The van der Waals surface area contributed by atoms with Crippen molar-refractivity contribution in [1.82, 2.24) is 14.8 Å². The summed E-state index contributed by atoms with van der Waals surface area (Å²) in [5, 5.41) is 4.38. The van der Waals surface area contributed by atoms with Gasteiger partial charge in [-0.15, -0.1) is 0 Å². The number of aryl methyl sites for hydroxylation is 1. The molecule has 0 amide bonds. The van der Waals surface area contributed by atoms with Crippen molar-refractivity contribution in [2.45, 2.75) is 19.9 Å². The van der Waals surface area contributed by atoms with Crippen LogP contribution < -0.4 is 5.73 Å². The zero-order valence-corrected chi connectivity index (χ0v) is 8.72. The predicted molar refractivity (Wildman–Crippen MR) is 59.4 cm³/mol. The highest BCUT2D eigenvalue weighted by Gasteiger charge is 2.03. The van der Waals surface area contributed by atoms with E-state index in [1.54, 1.807) is 6.20 Å². The minimum atomic E-state index is 0.672. The Labute approximate surface area is 88.8 Å². The number of nitrogens with two attached hydrogens (primary N) is 1. The average Bonchev–Trinajstić information content (AvgIpc) is 2.60. The molecular weight excluding hydrogens is 188 g/mol.